The summed E-state index contributed by atoms with van der Waals surface area (Å²) in [6.07, 6.45) is 0. The van der Waals surface area contributed by atoms with E-state index in [4.69, 9.17) is 0 Å². The van der Waals surface area contributed by atoms with E-state index in [9.17, 15) is 0 Å². The molecule has 0 fully saturated rings. The first-order valence-corrected chi connectivity index (χ1v) is 5.81. The first-order chi connectivity index (χ1) is 7.02. The van der Waals surface area contributed by atoms with Gasteiger partial charge in [-0.1, -0.05) is 32.0 Å². The molecule has 0 amide bonds. The molecule has 0 heterocycles. The minimum atomic E-state index is 0.574. The maximum atomic E-state index is 3.57. The van der Waals surface area contributed by atoms with E-state index in [1.54, 1.807) is 0 Å². The molecular formula is C14H23N. The highest BCUT2D eigenvalue weighted by Crippen LogP contribution is 2.13. The van der Waals surface area contributed by atoms with Gasteiger partial charge in [0.05, 0.1) is 0 Å². The van der Waals surface area contributed by atoms with Gasteiger partial charge in [0.25, 0.3) is 0 Å². The molecule has 1 nitrogen and oxygen atoms in total. The average molecular weight is 205 g/mol. The molecule has 0 spiro atoms. The summed E-state index contributed by atoms with van der Waals surface area (Å²) in [6, 6.07) is 7.09. The van der Waals surface area contributed by atoms with E-state index in [-0.39, 0.29) is 0 Å². The molecule has 0 radical (unpaired) electrons. The summed E-state index contributed by atoms with van der Waals surface area (Å²) < 4.78 is 0. The quantitative estimate of drug-likeness (QED) is 0.794. The van der Waals surface area contributed by atoms with E-state index in [0.29, 0.717) is 12.0 Å². The fourth-order valence-electron chi connectivity index (χ4n) is 1.51. The highest BCUT2D eigenvalue weighted by molar-refractivity contribution is 5.32. The lowest BCUT2D eigenvalue weighted by atomic mass is 10.0. The molecule has 1 atom stereocenters. The molecule has 0 saturated heterocycles. The molecule has 0 unspecified atom stereocenters. The highest BCUT2D eigenvalue weighted by Gasteiger charge is 2.07. The van der Waals surface area contributed by atoms with Crippen molar-refractivity contribution < 1.29 is 0 Å². The van der Waals surface area contributed by atoms with Gasteiger partial charge >= 0.3 is 0 Å². The van der Waals surface area contributed by atoms with Gasteiger partial charge < -0.3 is 5.32 Å². The van der Waals surface area contributed by atoms with Crippen molar-refractivity contribution in [2.24, 2.45) is 5.92 Å². The molecule has 0 aliphatic rings. The Labute approximate surface area is 93.9 Å². The van der Waals surface area contributed by atoms with Crippen molar-refractivity contribution in [1.29, 1.82) is 0 Å². The third-order valence-corrected chi connectivity index (χ3v) is 3.33. The average Bonchev–Trinajstić information content (AvgIpc) is 2.19. The van der Waals surface area contributed by atoms with Gasteiger partial charge in [-0.15, -0.1) is 0 Å². The topological polar surface area (TPSA) is 12.0 Å². The molecule has 1 aromatic carbocycles. The number of aryl methyl sites for hydroxylation is 1. The van der Waals surface area contributed by atoms with Crippen LogP contribution in [0.15, 0.2) is 18.2 Å². The summed E-state index contributed by atoms with van der Waals surface area (Å²) in [5.74, 6) is 0.690. The Bertz CT molecular complexity index is 315. The van der Waals surface area contributed by atoms with Crippen molar-refractivity contribution in [1.82, 2.24) is 5.32 Å². The molecule has 84 valence electrons. The van der Waals surface area contributed by atoms with Crippen molar-refractivity contribution in [2.75, 3.05) is 0 Å². The zero-order valence-electron chi connectivity index (χ0n) is 10.6. The Balaban J connectivity index is 2.62. The molecule has 1 aromatic rings. The predicted octanol–water partition coefficient (Wildman–Crippen LogP) is 3.44. The van der Waals surface area contributed by atoms with Crippen molar-refractivity contribution in [3.05, 3.63) is 34.9 Å². The van der Waals surface area contributed by atoms with E-state index in [0.717, 1.165) is 6.54 Å². The van der Waals surface area contributed by atoms with Crippen molar-refractivity contribution in [3.8, 4) is 0 Å². The monoisotopic (exact) mass is 205 g/mol. The Morgan fingerprint density at radius 3 is 2.40 bits per heavy atom. The largest absolute Gasteiger partial charge is 0.310 e. The van der Waals surface area contributed by atoms with Gasteiger partial charge in [-0.05, 0) is 43.4 Å². The van der Waals surface area contributed by atoms with Crippen LogP contribution in [0.3, 0.4) is 0 Å². The van der Waals surface area contributed by atoms with Crippen LogP contribution in [0.4, 0.5) is 0 Å². The maximum Gasteiger partial charge on any atom is 0.0210 e. The van der Waals surface area contributed by atoms with Crippen LogP contribution in [0.1, 0.15) is 37.5 Å². The van der Waals surface area contributed by atoms with E-state index in [2.05, 4.69) is 58.1 Å². The summed E-state index contributed by atoms with van der Waals surface area (Å²) in [7, 11) is 0. The van der Waals surface area contributed by atoms with E-state index < -0.39 is 0 Å². The minimum Gasteiger partial charge on any atom is -0.310 e. The normalized spacial score (nSPS) is 13.2. The molecule has 0 bridgehead atoms. The molecule has 1 rings (SSSR count). The lowest BCUT2D eigenvalue weighted by molar-refractivity contribution is 0.426. The molecule has 1 heteroatoms. The van der Waals surface area contributed by atoms with E-state index in [1.807, 2.05) is 0 Å². The summed E-state index contributed by atoms with van der Waals surface area (Å²) >= 11 is 0. The van der Waals surface area contributed by atoms with Gasteiger partial charge in [-0.3, -0.25) is 0 Å². The summed E-state index contributed by atoms with van der Waals surface area (Å²) in [6.45, 7) is 12.1. The van der Waals surface area contributed by atoms with Gasteiger partial charge in [0.1, 0.15) is 0 Å². The van der Waals surface area contributed by atoms with Crippen LogP contribution in [-0.2, 0) is 6.54 Å². The Hall–Kier alpha value is -0.820. The number of hydrogen-bond acceptors (Lipinski definition) is 1. The molecule has 0 aliphatic carbocycles. The zero-order chi connectivity index (χ0) is 11.4. The molecular weight excluding hydrogens is 182 g/mol. The van der Waals surface area contributed by atoms with Crippen molar-refractivity contribution in [3.63, 3.8) is 0 Å². The lowest BCUT2D eigenvalue weighted by Crippen LogP contribution is -2.30. The number of rotatable bonds is 4. The molecule has 15 heavy (non-hydrogen) atoms. The SMILES string of the molecule is Cc1cccc(CN[C@@H](C)C(C)C)c1C. The fraction of sp³-hybridized carbons (Fsp3) is 0.571. The molecule has 0 aromatic heterocycles. The molecule has 1 N–H and O–H groups in total. The number of benzene rings is 1. The molecule has 0 saturated carbocycles. The van der Waals surface area contributed by atoms with Crippen LogP contribution >= 0.6 is 0 Å². The third-order valence-electron chi connectivity index (χ3n) is 3.33. The predicted molar refractivity (Wildman–Crippen MR) is 67.1 cm³/mol. The van der Waals surface area contributed by atoms with Gasteiger partial charge in [-0.2, -0.15) is 0 Å². The van der Waals surface area contributed by atoms with Gasteiger partial charge in [0.2, 0.25) is 0 Å². The van der Waals surface area contributed by atoms with Gasteiger partial charge in [0.15, 0.2) is 0 Å². The van der Waals surface area contributed by atoms with Crippen LogP contribution in [-0.4, -0.2) is 6.04 Å². The Kier molecular flexibility index (Phi) is 4.34. The van der Waals surface area contributed by atoms with Crippen LogP contribution in [0, 0.1) is 19.8 Å². The smallest absolute Gasteiger partial charge is 0.0210 e. The Morgan fingerprint density at radius 1 is 1.13 bits per heavy atom. The van der Waals surface area contributed by atoms with Crippen molar-refractivity contribution >= 4 is 0 Å². The van der Waals surface area contributed by atoms with Gasteiger partial charge in [-0.25, -0.2) is 0 Å². The second-order valence-electron chi connectivity index (χ2n) is 4.77. The summed E-state index contributed by atoms with van der Waals surface area (Å²) in [4.78, 5) is 0. The Morgan fingerprint density at radius 2 is 1.80 bits per heavy atom. The summed E-state index contributed by atoms with van der Waals surface area (Å²) in [5.41, 5.74) is 4.22. The standard InChI is InChI=1S/C14H23N/c1-10(2)13(5)15-9-14-8-6-7-11(3)12(14)4/h6-8,10,13,15H,9H2,1-5H3/t13-/m0/s1. The zero-order valence-corrected chi connectivity index (χ0v) is 10.6. The van der Waals surface area contributed by atoms with E-state index >= 15 is 0 Å². The number of hydrogen-bond donors (Lipinski definition) is 1. The number of nitrogens with one attached hydrogen (secondary N) is 1. The second-order valence-corrected chi connectivity index (χ2v) is 4.77. The van der Waals surface area contributed by atoms with Gasteiger partial charge in [0, 0.05) is 12.6 Å². The maximum absolute atomic E-state index is 3.57. The van der Waals surface area contributed by atoms with Crippen LogP contribution in [0.25, 0.3) is 0 Å². The van der Waals surface area contributed by atoms with Crippen LogP contribution in [0.2, 0.25) is 0 Å². The summed E-state index contributed by atoms with van der Waals surface area (Å²) in [5, 5.41) is 3.57. The van der Waals surface area contributed by atoms with Crippen LogP contribution in [0.5, 0.6) is 0 Å². The first kappa shape index (κ1) is 12.3. The minimum absolute atomic E-state index is 0.574. The lowest BCUT2D eigenvalue weighted by Gasteiger charge is -2.18. The van der Waals surface area contributed by atoms with E-state index in [1.165, 1.54) is 16.7 Å². The fourth-order valence-corrected chi connectivity index (χ4v) is 1.51. The third kappa shape index (κ3) is 3.35. The second kappa shape index (κ2) is 5.32. The highest BCUT2D eigenvalue weighted by atomic mass is 14.9. The molecule has 0 aliphatic heterocycles. The van der Waals surface area contributed by atoms with Crippen LogP contribution < -0.4 is 5.32 Å². The van der Waals surface area contributed by atoms with Crippen molar-refractivity contribution in [2.45, 2.75) is 47.2 Å². The first-order valence-electron chi connectivity index (χ1n) is 5.81.